The summed E-state index contributed by atoms with van der Waals surface area (Å²) in [6.07, 6.45) is 3.25. The lowest BCUT2D eigenvalue weighted by Crippen LogP contribution is -2.15. The highest BCUT2D eigenvalue weighted by molar-refractivity contribution is 6.12. The van der Waals surface area contributed by atoms with E-state index in [2.05, 4.69) is 15.2 Å². The summed E-state index contributed by atoms with van der Waals surface area (Å²) in [5.41, 5.74) is 3.95. The van der Waals surface area contributed by atoms with E-state index in [1.165, 1.54) is 7.11 Å². The zero-order valence-electron chi connectivity index (χ0n) is 20.3. The first-order valence-electron chi connectivity index (χ1n) is 11.6. The number of nitrogens with zero attached hydrogens (tertiary/aromatic N) is 3. The molecule has 0 saturated carbocycles. The van der Waals surface area contributed by atoms with Crippen LogP contribution in [0.2, 0.25) is 0 Å². The number of carbonyl (C=O) groups is 2. The minimum absolute atomic E-state index is 0.194. The highest BCUT2D eigenvalue weighted by Gasteiger charge is 2.19. The predicted molar refractivity (Wildman–Crippen MR) is 137 cm³/mol. The quantitative estimate of drug-likeness (QED) is 0.306. The summed E-state index contributed by atoms with van der Waals surface area (Å²) in [7, 11) is 1.30. The van der Waals surface area contributed by atoms with Crippen molar-refractivity contribution in [3.63, 3.8) is 0 Å². The van der Waals surface area contributed by atoms with Crippen LogP contribution >= 0.6 is 0 Å². The van der Waals surface area contributed by atoms with Crippen molar-refractivity contribution >= 4 is 28.6 Å². The molecule has 3 heterocycles. The van der Waals surface area contributed by atoms with Gasteiger partial charge in [0.15, 0.2) is 12.3 Å². The zero-order valence-corrected chi connectivity index (χ0v) is 20.3. The molecule has 0 aliphatic rings. The van der Waals surface area contributed by atoms with E-state index in [1.807, 2.05) is 49.4 Å². The van der Waals surface area contributed by atoms with E-state index in [1.54, 1.807) is 41.4 Å². The average Bonchev–Trinajstić information content (AvgIpc) is 3.59. The van der Waals surface area contributed by atoms with Crippen LogP contribution in [0, 0.1) is 6.92 Å². The van der Waals surface area contributed by atoms with Gasteiger partial charge in [-0.3, -0.25) is 4.79 Å². The van der Waals surface area contributed by atoms with Gasteiger partial charge in [-0.2, -0.15) is 5.10 Å². The molecule has 0 bridgehead atoms. The monoisotopic (exact) mass is 496 g/mol. The number of nitrogens with one attached hydrogen (secondary N) is 1. The highest BCUT2D eigenvalue weighted by Crippen LogP contribution is 2.27. The van der Waals surface area contributed by atoms with Gasteiger partial charge in [-0.25, -0.2) is 14.5 Å². The van der Waals surface area contributed by atoms with Crippen molar-refractivity contribution in [3.8, 4) is 17.0 Å². The lowest BCUT2D eigenvalue weighted by molar-refractivity contribution is -0.142. The Bertz CT molecular complexity index is 1560. The normalized spacial score (nSPS) is 10.9. The maximum atomic E-state index is 13.5. The first-order chi connectivity index (χ1) is 18.0. The Labute approximate surface area is 212 Å². The molecule has 0 unspecified atom stereocenters. The number of anilines is 1. The third-order valence-electron chi connectivity index (χ3n) is 5.84. The van der Waals surface area contributed by atoms with E-state index in [0.29, 0.717) is 40.3 Å². The van der Waals surface area contributed by atoms with Gasteiger partial charge in [-0.05, 0) is 48.9 Å². The number of methoxy groups -OCH3 is 1. The maximum Gasteiger partial charge on any atom is 0.343 e. The number of fused-ring (bicyclic) bond motifs is 1. The van der Waals surface area contributed by atoms with Crippen molar-refractivity contribution in [2.45, 2.75) is 13.5 Å². The fourth-order valence-electron chi connectivity index (χ4n) is 3.92. The van der Waals surface area contributed by atoms with E-state index < -0.39 is 5.97 Å². The number of ether oxygens (including phenoxy) is 2. The molecule has 0 atom stereocenters. The number of carbonyl (C=O) groups excluding carboxylic acids is 2. The van der Waals surface area contributed by atoms with E-state index in [9.17, 15) is 9.59 Å². The number of benzene rings is 2. The number of hydrogen-bond donors (Lipinski definition) is 1. The Morgan fingerprint density at radius 2 is 1.89 bits per heavy atom. The second-order valence-corrected chi connectivity index (χ2v) is 8.34. The molecule has 9 nitrogen and oxygen atoms in total. The predicted octanol–water partition coefficient (Wildman–Crippen LogP) is 4.85. The molecule has 5 rings (SSSR count). The van der Waals surface area contributed by atoms with Crippen molar-refractivity contribution in [1.29, 1.82) is 0 Å². The van der Waals surface area contributed by atoms with Crippen LogP contribution in [0.1, 0.15) is 21.7 Å². The molecule has 37 heavy (non-hydrogen) atoms. The highest BCUT2D eigenvalue weighted by atomic mass is 16.6. The summed E-state index contributed by atoms with van der Waals surface area (Å²) >= 11 is 0. The van der Waals surface area contributed by atoms with Gasteiger partial charge in [-0.1, -0.05) is 30.3 Å². The molecule has 1 amide bonds. The van der Waals surface area contributed by atoms with Crippen LogP contribution in [0.25, 0.3) is 22.3 Å². The Morgan fingerprint density at radius 1 is 1.05 bits per heavy atom. The Hall–Kier alpha value is -4.92. The number of rotatable bonds is 8. The molecule has 9 heteroatoms. The Morgan fingerprint density at radius 3 is 2.62 bits per heavy atom. The molecule has 0 radical (unpaired) electrons. The molecule has 3 aromatic heterocycles. The van der Waals surface area contributed by atoms with Crippen LogP contribution in [0.4, 0.5) is 5.69 Å². The first-order valence-corrected chi connectivity index (χ1v) is 11.6. The maximum absolute atomic E-state index is 13.5. The number of amides is 1. The third-order valence-corrected chi connectivity index (χ3v) is 5.84. The molecule has 0 aliphatic heterocycles. The van der Waals surface area contributed by atoms with Crippen molar-refractivity contribution < 1.29 is 23.5 Å². The van der Waals surface area contributed by atoms with Gasteiger partial charge in [-0.15, -0.1) is 0 Å². The van der Waals surface area contributed by atoms with Gasteiger partial charge in [0, 0.05) is 11.3 Å². The zero-order chi connectivity index (χ0) is 25.8. The minimum Gasteiger partial charge on any atom is -0.482 e. The topological polar surface area (TPSA) is 108 Å². The summed E-state index contributed by atoms with van der Waals surface area (Å²) in [6.45, 7) is 2.04. The summed E-state index contributed by atoms with van der Waals surface area (Å²) in [6, 6.07) is 20.3. The summed E-state index contributed by atoms with van der Waals surface area (Å²) < 4.78 is 17.2. The second-order valence-electron chi connectivity index (χ2n) is 8.34. The molecular formula is C28H24N4O5. The minimum atomic E-state index is -0.474. The number of hydrogen-bond acceptors (Lipinski definition) is 7. The number of aromatic nitrogens is 3. The summed E-state index contributed by atoms with van der Waals surface area (Å²) in [5, 5.41) is 8.10. The number of furan rings is 1. The van der Waals surface area contributed by atoms with Crippen LogP contribution in [-0.2, 0) is 16.1 Å². The van der Waals surface area contributed by atoms with E-state index in [4.69, 9.17) is 14.1 Å². The van der Waals surface area contributed by atoms with Crippen LogP contribution in [0.5, 0.6) is 5.75 Å². The molecule has 2 aromatic carbocycles. The van der Waals surface area contributed by atoms with E-state index in [0.717, 1.165) is 16.9 Å². The van der Waals surface area contributed by atoms with Crippen molar-refractivity contribution in [2.75, 3.05) is 19.0 Å². The van der Waals surface area contributed by atoms with Crippen molar-refractivity contribution in [1.82, 2.24) is 14.8 Å². The van der Waals surface area contributed by atoms with Gasteiger partial charge in [0.2, 0.25) is 0 Å². The van der Waals surface area contributed by atoms with Gasteiger partial charge in [0.1, 0.15) is 18.1 Å². The average molecular weight is 497 g/mol. The number of pyridine rings is 1. The molecule has 5 aromatic rings. The Balaban J connectivity index is 1.48. The van der Waals surface area contributed by atoms with Gasteiger partial charge < -0.3 is 19.2 Å². The lowest BCUT2D eigenvalue weighted by Gasteiger charge is -2.12. The molecule has 0 aliphatic carbocycles. The molecule has 1 N–H and O–H groups in total. The van der Waals surface area contributed by atoms with Crippen LogP contribution < -0.4 is 10.1 Å². The van der Waals surface area contributed by atoms with Gasteiger partial charge in [0.05, 0.1) is 36.2 Å². The third kappa shape index (κ3) is 5.20. The SMILES string of the molecule is COC(=O)COc1ccc(NC(=O)c2cc(-c3ccccc3)nc3c2cnn3Cc2ccco2)c(C)c1. The van der Waals surface area contributed by atoms with Gasteiger partial charge in [0.25, 0.3) is 5.91 Å². The number of aryl methyl sites for hydroxylation is 1. The molecule has 186 valence electrons. The fraction of sp³-hybridized carbons (Fsp3) is 0.143. The summed E-state index contributed by atoms with van der Waals surface area (Å²) in [4.78, 5) is 29.7. The molecule has 0 spiro atoms. The first kappa shape index (κ1) is 23.8. The largest absolute Gasteiger partial charge is 0.482 e. The van der Waals surface area contributed by atoms with Crippen LogP contribution in [-0.4, -0.2) is 40.4 Å². The molecular weight excluding hydrogens is 472 g/mol. The van der Waals surface area contributed by atoms with Crippen molar-refractivity contribution in [3.05, 3.63) is 96.1 Å². The standard InChI is InChI=1S/C28H24N4O5/c1-18-13-20(37-17-26(33)35-2)10-11-24(18)31-28(34)22-14-25(19-7-4-3-5-8-19)30-27-23(22)15-29-32(27)16-21-9-6-12-36-21/h3-15H,16-17H2,1-2H3,(H,31,34). The number of esters is 1. The van der Waals surface area contributed by atoms with E-state index >= 15 is 0 Å². The lowest BCUT2D eigenvalue weighted by atomic mass is 10.1. The van der Waals surface area contributed by atoms with Crippen molar-refractivity contribution in [2.24, 2.45) is 0 Å². The second kappa shape index (κ2) is 10.4. The van der Waals surface area contributed by atoms with Crippen LogP contribution in [0.3, 0.4) is 0 Å². The Kier molecular flexibility index (Phi) is 6.67. The molecule has 0 saturated heterocycles. The molecule has 0 fully saturated rings. The smallest absolute Gasteiger partial charge is 0.343 e. The summed E-state index contributed by atoms with van der Waals surface area (Å²) in [5.74, 6) is 0.456. The van der Waals surface area contributed by atoms with Crippen LogP contribution in [0.15, 0.2) is 83.6 Å². The van der Waals surface area contributed by atoms with E-state index in [-0.39, 0.29) is 12.5 Å². The fourth-order valence-corrected chi connectivity index (χ4v) is 3.92. The van der Waals surface area contributed by atoms with Gasteiger partial charge >= 0.3 is 5.97 Å².